The van der Waals surface area contributed by atoms with Gasteiger partial charge in [-0.25, -0.2) is 30.7 Å². The fourth-order valence-corrected chi connectivity index (χ4v) is 14.9. The minimum atomic E-state index is -3.30. The second-order valence-electron chi connectivity index (χ2n) is 25.0. The number of carbonyl (C=O) groups is 6. The Balaban J connectivity index is 0.000000218. The van der Waals surface area contributed by atoms with Gasteiger partial charge in [-0.15, -0.1) is 12.4 Å². The lowest BCUT2D eigenvalue weighted by molar-refractivity contribution is -0.142. The van der Waals surface area contributed by atoms with Crippen molar-refractivity contribution in [3.8, 4) is 0 Å². The quantitative estimate of drug-likeness (QED) is 0.101. The molecule has 490 valence electrons. The molecule has 3 aromatic carbocycles. The molecule has 7 fully saturated rings. The van der Waals surface area contributed by atoms with E-state index >= 15 is 0 Å². The summed E-state index contributed by atoms with van der Waals surface area (Å²) in [6, 6.07) is 22.9. The molecule has 5 aliphatic heterocycles. The van der Waals surface area contributed by atoms with Crippen molar-refractivity contribution in [3.63, 3.8) is 0 Å². The molecule has 0 unspecified atom stereocenters. The first-order valence-corrected chi connectivity index (χ1v) is 35.0. The number of nitrogens with zero attached hydrogens (tertiary/aromatic N) is 4. The minimum Gasteiger partial charge on any atom is -0.480 e. The highest BCUT2D eigenvalue weighted by Gasteiger charge is 2.44. The van der Waals surface area contributed by atoms with E-state index in [4.69, 9.17) is 26.3 Å². The van der Waals surface area contributed by atoms with Gasteiger partial charge in [0.2, 0.25) is 42.7 Å². The third-order valence-electron chi connectivity index (χ3n) is 17.0. The van der Waals surface area contributed by atoms with Gasteiger partial charge in [0.1, 0.15) is 23.7 Å². The molecule has 10 rings (SSSR count). The van der Waals surface area contributed by atoms with Crippen molar-refractivity contribution >= 4 is 77.9 Å². The highest BCUT2D eigenvalue weighted by Crippen LogP contribution is 2.33. The van der Waals surface area contributed by atoms with E-state index in [2.05, 4.69) is 47.1 Å². The van der Waals surface area contributed by atoms with Crippen LogP contribution in [0.5, 0.6) is 0 Å². The maximum absolute atomic E-state index is 13.3. The molecule has 2 aliphatic carbocycles. The topological polar surface area (TPSA) is 275 Å². The number of benzene rings is 3. The highest BCUT2D eigenvalue weighted by molar-refractivity contribution is 8.14. The van der Waals surface area contributed by atoms with E-state index < -0.39 is 48.8 Å². The predicted octanol–water partition coefficient (Wildman–Crippen LogP) is 8.25. The smallest absolute Gasteiger partial charge is 0.411 e. The van der Waals surface area contributed by atoms with Gasteiger partial charge in [0.25, 0.3) is 0 Å². The number of amides is 5. The minimum absolute atomic E-state index is 0. The van der Waals surface area contributed by atoms with Gasteiger partial charge in [-0.1, -0.05) is 102 Å². The molecule has 5 amide bonds. The Morgan fingerprint density at radius 2 is 1.00 bits per heavy atom. The Morgan fingerprint density at radius 3 is 1.39 bits per heavy atom. The molecule has 0 spiro atoms. The average Bonchev–Trinajstić information content (AvgIpc) is 4.13. The summed E-state index contributed by atoms with van der Waals surface area (Å²) in [5.74, 6) is -1.35. The standard InChI is InChI=1S/C23H33N3O4S.C19H27N3O2.C10H17NO4.C8H11N.C4H7ClO2S.ClH/c1-17-9-11-18(12-10-17)15-24-22(27)21-8-4-14-26(21)23(28)19-5-3-13-25(16-19)31(29,30)20-6-2-7-20;1-14-6-8-15(9-7-14)12-21-18(23)17-5-3-11-22(17)19(24)16-4-2-10-20-13-16;1-10(2,3)15-9(14)11-6-4-5-7(11)8(12)13;1-7-2-4-8(6-9)5-3-7;5-8(6,7)4-2-1-3-4;/h9-12,19-21H,2-8,13-16H2,1H3,(H,24,27);6-9,16-17,20H,2-5,10-13H2,1H3,(H,21,23);7H,4-6H2,1-3H3,(H,12,13);2-5H,6,9H2,1H3;4H,1-3H2;1H/t19-,21-;16-,17+;7-;;;/m101.../s1. The van der Waals surface area contributed by atoms with E-state index in [-0.39, 0.29) is 71.0 Å². The molecule has 5 atom stereocenters. The van der Waals surface area contributed by atoms with Crippen molar-refractivity contribution < 1.29 is 55.4 Å². The number of nitrogens with two attached hydrogens (primary N) is 1. The van der Waals surface area contributed by atoms with Gasteiger partial charge >= 0.3 is 12.1 Å². The summed E-state index contributed by atoms with van der Waals surface area (Å²) in [7, 11) is -1.49. The van der Waals surface area contributed by atoms with Crippen molar-refractivity contribution in [3.05, 3.63) is 106 Å². The number of carboxylic acids is 1. The van der Waals surface area contributed by atoms with E-state index in [1.807, 2.05) is 67.3 Å². The van der Waals surface area contributed by atoms with Gasteiger partial charge in [0.15, 0.2) is 0 Å². The Kier molecular flexibility index (Phi) is 29.0. The lowest BCUT2D eigenvalue weighted by Gasteiger charge is -2.38. The number of hydrogen-bond acceptors (Lipinski definition) is 13. The number of aliphatic carboxylic acids is 1. The number of hydrogen-bond donors (Lipinski definition) is 5. The normalized spacial score (nSPS) is 22.1. The molecule has 0 aromatic heterocycles. The first-order valence-electron chi connectivity index (χ1n) is 31.1. The summed E-state index contributed by atoms with van der Waals surface area (Å²) < 4.78 is 53.0. The van der Waals surface area contributed by atoms with Gasteiger partial charge in [0.05, 0.1) is 22.3 Å². The molecule has 5 heterocycles. The van der Waals surface area contributed by atoms with Crippen molar-refractivity contribution in [2.24, 2.45) is 17.6 Å². The second kappa shape index (κ2) is 34.7. The number of nitrogens with one attached hydrogen (secondary N) is 3. The number of carboxylic acid groups (broad SMARTS) is 1. The summed E-state index contributed by atoms with van der Waals surface area (Å²) in [6.45, 7) is 17.2. The van der Waals surface area contributed by atoms with Crippen molar-refractivity contribution in [1.82, 2.24) is 35.0 Å². The fourth-order valence-electron chi connectivity index (χ4n) is 11.4. The van der Waals surface area contributed by atoms with Crippen LogP contribution >= 0.6 is 23.1 Å². The number of rotatable bonds is 13. The number of ether oxygens (including phenoxy) is 1. The molecular weight excluding hydrogens is 1210 g/mol. The van der Waals surface area contributed by atoms with Gasteiger partial charge in [-0.3, -0.25) is 24.1 Å². The summed E-state index contributed by atoms with van der Waals surface area (Å²) in [5, 5.41) is 17.6. The van der Waals surface area contributed by atoms with E-state index in [9.17, 15) is 45.6 Å². The zero-order valence-electron chi connectivity index (χ0n) is 52.3. The van der Waals surface area contributed by atoms with E-state index in [0.29, 0.717) is 71.5 Å². The van der Waals surface area contributed by atoms with Gasteiger partial charge in [0, 0.05) is 69.6 Å². The van der Waals surface area contributed by atoms with Crippen molar-refractivity contribution in [1.29, 1.82) is 0 Å². The summed E-state index contributed by atoms with van der Waals surface area (Å²) >= 11 is 0. The number of likely N-dealkylation sites (tertiary alicyclic amines) is 3. The van der Waals surface area contributed by atoms with Crippen molar-refractivity contribution in [2.45, 2.75) is 198 Å². The molecule has 2 saturated carbocycles. The molecule has 6 N–H and O–H groups in total. The third kappa shape index (κ3) is 22.2. The Morgan fingerprint density at radius 1 is 0.580 bits per heavy atom. The number of sulfonamides is 1. The summed E-state index contributed by atoms with van der Waals surface area (Å²) in [6.07, 6.45) is 12.1. The maximum Gasteiger partial charge on any atom is 0.411 e. The Hall–Kier alpha value is -5.36. The van der Waals surface area contributed by atoms with Crippen LogP contribution in [0, 0.1) is 32.6 Å². The van der Waals surface area contributed by atoms with Crippen LogP contribution in [0.1, 0.15) is 157 Å². The van der Waals surface area contributed by atoms with Crippen LogP contribution in [-0.2, 0) is 67.4 Å². The molecule has 3 aromatic rings. The lowest BCUT2D eigenvalue weighted by atomic mass is 9.97. The monoisotopic (exact) mass is 1300 g/mol. The molecular formula is C64H96Cl2N8O12S2. The average molecular weight is 1300 g/mol. The molecule has 5 saturated heterocycles. The molecule has 0 radical (unpaired) electrons. The first kappa shape index (κ1) is 73.4. The largest absolute Gasteiger partial charge is 0.480 e. The van der Waals surface area contributed by atoms with Gasteiger partial charge in [-0.05, 0) is 155 Å². The molecule has 0 bridgehead atoms. The Bertz CT molecular complexity index is 2980. The van der Waals surface area contributed by atoms with Crippen LogP contribution in [0.15, 0.2) is 72.8 Å². The zero-order chi connectivity index (χ0) is 63.5. The number of halogens is 2. The summed E-state index contributed by atoms with van der Waals surface area (Å²) in [4.78, 5) is 78.6. The number of aryl methyl sites for hydroxylation is 3. The molecule has 7 aliphatic rings. The second-order valence-corrected chi connectivity index (χ2v) is 30.1. The van der Waals surface area contributed by atoms with Crippen LogP contribution in [0.3, 0.4) is 0 Å². The van der Waals surface area contributed by atoms with E-state index in [1.165, 1.54) is 31.5 Å². The van der Waals surface area contributed by atoms with E-state index in [0.717, 1.165) is 101 Å². The molecule has 24 heteroatoms. The van der Waals surface area contributed by atoms with Crippen LogP contribution in [0.25, 0.3) is 0 Å². The SMILES string of the molecule is CC(C)(C)OC(=O)N1CCC[C@@H]1C(=O)O.Cc1ccc(CN)cc1.Cc1ccc(CNC(=O)[C@H]2CCCN2C(=O)[C@@H]2CCCN(S(=O)(=O)C3CCC3)C2)cc1.Cc1ccc(CNC(=O)[C@H]2CCCN2C(=O)[C@H]2CCCNC2)cc1.Cl.O=S(=O)(Cl)C1CCC1. The van der Waals surface area contributed by atoms with Gasteiger partial charge < -0.3 is 41.3 Å². The van der Waals surface area contributed by atoms with Gasteiger partial charge in [-0.2, -0.15) is 0 Å². The fraction of sp³-hybridized carbons (Fsp3) is 0.625. The third-order valence-corrected chi connectivity index (χ3v) is 21.4. The zero-order valence-corrected chi connectivity index (χ0v) is 55.5. The molecule has 88 heavy (non-hydrogen) atoms. The van der Waals surface area contributed by atoms with Crippen LogP contribution in [-0.4, -0.2) is 157 Å². The predicted molar refractivity (Wildman–Crippen MR) is 344 cm³/mol. The van der Waals surface area contributed by atoms with E-state index in [1.54, 1.807) is 25.7 Å². The maximum atomic E-state index is 13.3. The van der Waals surface area contributed by atoms with Crippen molar-refractivity contribution in [2.75, 3.05) is 45.8 Å². The molecule has 20 nitrogen and oxygen atoms in total. The summed E-state index contributed by atoms with van der Waals surface area (Å²) in [5.41, 5.74) is 11.8. The van der Waals surface area contributed by atoms with Crippen LogP contribution < -0.4 is 21.7 Å². The van der Waals surface area contributed by atoms with Crippen LogP contribution in [0.4, 0.5) is 4.79 Å². The lowest BCUT2D eigenvalue weighted by Crippen LogP contribution is -2.52. The number of carbonyl (C=O) groups excluding carboxylic acids is 5. The Labute approximate surface area is 533 Å². The highest BCUT2D eigenvalue weighted by atomic mass is 35.7. The van der Waals surface area contributed by atoms with Crippen LogP contribution in [0.2, 0.25) is 0 Å². The number of piperidine rings is 2. The first-order chi connectivity index (χ1) is 41.2.